The second-order valence-electron chi connectivity index (χ2n) is 5.41. The van der Waals surface area contributed by atoms with Gasteiger partial charge in [0.05, 0.1) is 0 Å². The third-order valence-electron chi connectivity index (χ3n) is 4.20. The van der Waals surface area contributed by atoms with Crippen molar-refractivity contribution in [1.82, 2.24) is 4.90 Å². The molecule has 0 aliphatic carbocycles. The minimum absolute atomic E-state index is 0.0126. The summed E-state index contributed by atoms with van der Waals surface area (Å²) in [5, 5.41) is 0. The lowest BCUT2D eigenvalue weighted by Gasteiger charge is -2.55. The molecular weight excluding hydrogens is 213 g/mol. The molecule has 1 unspecified atom stereocenters. The lowest BCUT2D eigenvalue weighted by Crippen LogP contribution is -2.60. The normalized spacial score (nSPS) is 30.8. The lowest BCUT2D eigenvalue weighted by molar-refractivity contribution is -0.119. The topological polar surface area (TPSA) is 52.9 Å². The largest absolute Gasteiger partial charge is 0.328 e. The summed E-state index contributed by atoms with van der Waals surface area (Å²) in [4.78, 5) is 19.9. The number of rotatable bonds is 2. The first kappa shape index (κ1) is 13.3. The van der Waals surface area contributed by atoms with E-state index >= 15 is 0 Å². The van der Waals surface area contributed by atoms with Crippen molar-refractivity contribution in [2.75, 3.05) is 7.05 Å². The van der Waals surface area contributed by atoms with Crippen LogP contribution in [0.4, 0.5) is 0 Å². The Bertz CT molecular complexity index is 231. The van der Waals surface area contributed by atoms with E-state index in [9.17, 15) is 0 Å². The van der Waals surface area contributed by atoms with Crippen LogP contribution in [-0.4, -0.2) is 33.5 Å². The van der Waals surface area contributed by atoms with E-state index < -0.39 is 8.60 Å². The summed E-state index contributed by atoms with van der Waals surface area (Å²) in [6.07, 6.45) is 1.68. The molecule has 2 N–H and O–H groups in total. The van der Waals surface area contributed by atoms with Crippen molar-refractivity contribution >= 4 is 8.60 Å². The number of nitrogens with zero attached hydrogens (tertiary/aromatic N) is 1. The summed E-state index contributed by atoms with van der Waals surface area (Å²) in [7, 11) is -0.287. The highest BCUT2D eigenvalue weighted by Gasteiger charge is 2.47. The Morgan fingerprint density at radius 2 is 1.80 bits per heavy atom. The summed E-state index contributed by atoms with van der Waals surface area (Å²) in [5.41, 5.74) is 0.191. The molecular formula is C10H22NO3P. The van der Waals surface area contributed by atoms with Gasteiger partial charge in [0.25, 0.3) is 0 Å². The monoisotopic (exact) mass is 235 g/mol. The van der Waals surface area contributed by atoms with Crippen LogP contribution in [0.1, 0.15) is 40.5 Å². The first-order valence-corrected chi connectivity index (χ1v) is 6.42. The quantitative estimate of drug-likeness (QED) is 0.719. The van der Waals surface area contributed by atoms with Gasteiger partial charge in [-0.2, -0.15) is 0 Å². The molecule has 1 fully saturated rings. The zero-order valence-corrected chi connectivity index (χ0v) is 11.1. The van der Waals surface area contributed by atoms with Gasteiger partial charge in [-0.1, -0.05) is 13.8 Å². The highest BCUT2D eigenvalue weighted by Crippen LogP contribution is 2.46. The SMILES string of the molecule is CN1C(OP(O)O)CCC(C)(C)C1(C)C. The minimum Gasteiger partial charge on any atom is -0.328 e. The lowest BCUT2D eigenvalue weighted by atomic mass is 9.68. The maximum atomic E-state index is 8.89. The third kappa shape index (κ3) is 2.51. The second-order valence-corrected chi connectivity index (χ2v) is 6.12. The van der Waals surface area contributed by atoms with Gasteiger partial charge in [0.15, 0.2) is 0 Å². The highest BCUT2D eigenvalue weighted by atomic mass is 31.2. The molecule has 0 spiro atoms. The Morgan fingerprint density at radius 1 is 1.27 bits per heavy atom. The Morgan fingerprint density at radius 3 is 2.27 bits per heavy atom. The summed E-state index contributed by atoms with van der Waals surface area (Å²) >= 11 is 0. The fourth-order valence-electron chi connectivity index (χ4n) is 2.05. The van der Waals surface area contributed by atoms with E-state index in [0.29, 0.717) is 0 Å². The molecule has 0 aromatic rings. The van der Waals surface area contributed by atoms with Crippen molar-refractivity contribution < 1.29 is 14.3 Å². The van der Waals surface area contributed by atoms with E-state index in [-0.39, 0.29) is 17.2 Å². The van der Waals surface area contributed by atoms with Crippen molar-refractivity contribution in [3.8, 4) is 0 Å². The van der Waals surface area contributed by atoms with Crippen LogP contribution in [0.5, 0.6) is 0 Å². The van der Waals surface area contributed by atoms with Crippen LogP contribution in [-0.2, 0) is 4.52 Å². The molecule has 1 aliphatic heterocycles. The Balaban J connectivity index is 2.77. The van der Waals surface area contributed by atoms with Crippen LogP contribution in [0.15, 0.2) is 0 Å². The van der Waals surface area contributed by atoms with Crippen molar-refractivity contribution in [3.05, 3.63) is 0 Å². The van der Waals surface area contributed by atoms with Gasteiger partial charge in [-0.25, -0.2) is 0 Å². The first-order chi connectivity index (χ1) is 6.68. The van der Waals surface area contributed by atoms with Gasteiger partial charge in [-0.15, -0.1) is 0 Å². The molecule has 1 rings (SSSR count). The summed E-state index contributed by atoms with van der Waals surface area (Å²) in [6, 6.07) is 0. The first-order valence-electron chi connectivity index (χ1n) is 5.26. The number of hydrogen-bond acceptors (Lipinski definition) is 4. The molecule has 1 saturated heterocycles. The average molecular weight is 235 g/mol. The van der Waals surface area contributed by atoms with Crippen LogP contribution in [0.25, 0.3) is 0 Å². The molecule has 1 atom stereocenters. The van der Waals surface area contributed by atoms with Gasteiger partial charge in [0.1, 0.15) is 6.23 Å². The predicted octanol–water partition coefficient (Wildman–Crippen LogP) is 2.07. The molecule has 4 nitrogen and oxygen atoms in total. The van der Waals surface area contributed by atoms with Crippen molar-refractivity contribution in [2.24, 2.45) is 5.41 Å². The molecule has 1 heterocycles. The van der Waals surface area contributed by atoms with Crippen molar-refractivity contribution in [3.63, 3.8) is 0 Å². The van der Waals surface area contributed by atoms with Gasteiger partial charge < -0.3 is 9.79 Å². The van der Waals surface area contributed by atoms with E-state index in [1.54, 1.807) is 0 Å². The van der Waals surface area contributed by atoms with E-state index in [0.717, 1.165) is 12.8 Å². The number of hydrogen-bond donors (Lipinski definition) is 2. The van der Waals surface area contributed by atoms with Crippen molar-refractivity contribution in [2.45, 2.75) is 52.3 Å². The fourth-order valence-corrected chi connectivity index (χ4v) is 2.52. The van der Waals surface area contributed by atoms with Crippen LogP contribution in [0.3, 0.4) is 0 Å². The highest BCUT2D eigenvalue weighted by molar-refractivity contribution is 7.39. The van der Waals surface area contributed by atoms with E-state index in [4.69, 9.17) is 14.3 Å². The van der Waals surface area contributed by atoms with Gasteiger partial charge in [-0.3, -0.25) is 9.42 Å². The Hall–Kier alpha value is 0.270. The Kier molecular flexibility index (Phi) is 3.79. The molecule has 0 aromatic carbocycles. The number of piperidine rings is 1. The fraction of sp³-hybridized carbons (Fsp3) is 1.00. The van der Waals surface area contributed by atoms with Crippen LogP contribution in [0.2, 0.25) is 0 Å². The van der Waals surface area contributed by atoms with E-state index in [1.807, 2.05) is 7.05 Å². The third-order valence-corrected chi connectivity index (χ3v) is 4.63. The summed E-state index contributed by atoms with van der Waals surface area (Å²) < 4.78 is 5.13. The van der Waals surface area contributed by atoms with Crippen LogP contribution >= 0.6 is 8.60 Å². The van der Waals surface area contributed by atoms with Gasteiger partial charge in [0, 0.05) is 5.54 Å². The van der Waals surface area contributed by atoms with Gasteiger partial charge >= 0.3 is 8.60 Å². The molecule has 0 aromatic heterocycles. The zero-order valence-electron chi connectivity index (χ0n) is 10.2. The van der Waals surface area contributed by atoms with Crippen LogP contribution < -0.4 is 0 Å². The zero-order chi connectivity index (χ0) is 11.9. The van der Waals surface area contributed by atoms with Gasteiger partial charge in [0.2, 0.25) is 0 Å². The summed E-state index contributed by atoms with van der Waals surface area (Å²) in [5.74, 6) is 0. The second kappa shape index (κ2) is 4.27. The van der Waals surface area contributed by atoms with Gasteiger partial charge in [-0.05, 0) is 39.2 Å². The van der Waals surface area contributed by atoms with Crippen LogP contribution in [0, 0.1) is 5.41 Å². The minimum atomic E-state index is -2.26. The molecule has 0 saturated carbocycles. The smallest absolute Gasteiger partial charge is 0.328 e. The number of likely N-dealkylation sites (tertiary alicyclic amines) is 1. The summed E-state index contributed by atoms with van der Waals surface area (Å²) in [6.45, 7) is 8.81. The molecule has 0 radical (unpaired) electrons. The molecule has 0 bridgehead atoms. The predicted molar refractivity (Wildman–Crippen MR) is 61.1 cm³/mol. The molecule has 0 amide bonds. The standard InChI is InChI=1S/C10H22NO3P/c1-9(2)7-6-8(14-15(12)13)11(5)10(9,3)4/h8,12-13H,6-7H2,1-5H3. The maximum Gasteiger partial charge on any atom is 0.328 e. The molecule has 15 heavy (non-hydrogen) atoms. The maximum absolute atomic E-state index is 8.89. The average Bonchev–Trinajstić information content (AvgIpc) is 2.08. The van der Waals surface area contributed by atoms with E-state index in [1.165, 1.54) is 0 Å². The van der Waals surface area contributed by atoms with Crippen molar-refractivity contribution in [1.29, 1.82) is 0 Å². The Labute approximate surface area is 93.2 Å². The van der Waals surface area contributed by atoms with E-state index in [2.05, 4.69) is 32.6 Å². The molecule has 90 valence electrons. The molecule has 1 aliphatic rings. The molecule has 5 heteroatoms.